The van der Waals surface area contributed by atoms with Crippen molar-refractivity contribution >= 4 is 0 Å². The molecule has 0 bridgehead atoms. The Morgan fingerprint density at radius 3 is 2.36 bits per heavy atom. The highest BCUT2D eigenvalue weighted by Gasteiger charge is 2.18. The van der Waals surface area contributed by atoms with Crippen molar-refractivity contribution in [3.63, 3.8) is 0 Å². The van der Waals surface area contributed by atoms with Gasteiger partial charge in [-0.05, 0) is 32.9 Å². The fraction of sp³-hybridized carbons (Fsp3) is 0.600. The summed E-state index contributed by atoms with van der Waals surface area (Å²) < 4.78 is 29.8. The summed E-state index contributed by atoms with van der Waals surface area (Å²) in [5.74, 6) is 1.48. The molecule has 0 fully saturated rings. The second-order valence-corrected chi connectivity index (χ2v) is 3.46. The number of halogens is 2. The second-order valence-electron chi connectivity index (χ2n) is 3.46. The molecule has 14 heavy (non-hydrogen) atoms. The molecule has 0 saturated heterocycles. The van der Waals surface area contributed by atoms with Gasteiger partial charge in [-0.25, -0.2) is 8.78 Å². The van der Waals surface area contributed by atoms with Crippen LogP contribution in [0.2, 0.25) is 0 Å². The average molecular weight is 203 g/mol. The summed E-state index contributed by atoms with van der Waals surface area (Å²) in [7, 11) is 0. The van der Waals surface area contributed by atoms with Crippen molar-refractivity contribution in [2.24, 2.45) is 0 Å². The normalized spacial score (nSPS) is 15.9. The summed E-state index contributed by atoms with van der Waals surface area (Å²) in [5, 5.41) is 2.77. The molecule has 1 heterocycles. The van der Waals surface area contributed by atoms with Crippen LogP contribution in [0.1, 0.15) is 31.4 Å². The van der Waals surface area contributed by atoms with E-state index in [4.69, 9.17) is 4.42 Å². The average Bonchev–Trinajstić information content (AvgIpc) is 2.51. The number of hydrogen-bond acceptors (Lipinski definition) is 2. The molecule has 1 aromatic heterocycles. The van der Waals surface area contributed by atoms with Gasteiger partial charge in [0.25, 0.3) is 6.43 Å². The molecule has 0 spiro atoms. The third-order valence-electron chi connectivity index (χ3n) is 2.08. The van der Waals surface area contributed by atoms with Gasteiger partial charge >= 0.3 is 0 Å². The zero-order valence-electron chi connectivity index (χ0n) is 8.55. The van der Waals surface area contributed by atoms with Crippen molar-refractivity contribution in [3.8, 4) is 0 Å². The summed E-state index contributed by atoms with van der Waals surface area (Å²) in [5.41, 5.74) is 0. The van der Waals surface area contributed by atoms with E-state index in [1.807, 2.05) is 13.0 Å². The first kappa shape index (κ1) is 11.2. The zero-order chi connectivity index (χ0) is 10.7. The summed E-state index contributed by atoms with van der Waals surface area (Å²) in [4.78, 5) is 0. The molecular formula is C10H15F2NO. The van der Waals surface area contributed by atoms with Crippen molar-refractivity contribution in [2.75, 3.05) is 0 Å². The second kappa shape index (κ2) is 4.55. The summed E-state index contributed by atoms with van der Waals surface area (Å²) in [6.07, 6.45) is -2.35. The number of hydrogen-bond donors (Lipinski definition) is 1. The Kier molecular flexibility index (Phi) is 3.63. The maximum Gasteiger partial charge on any atom is 0.253 e. The van der Waals surface area contributed by atoms with Crippen molar-refractivity contribution in [1.29, 1.82) is 0 Å². The number of rotatable bonds is 4. The molecule has 2 unspecified atom stereocenters. The Hall–Kier alpha value is -0.900. The summed E-state index contributed by atoms with van der Waals surface area (Å²) in [6.45, 7) is 5.08. The van der Waals surface area contributed by atoms with Crippen LogP contribution in [-0.4, -0.2) is 12.5 Å². The first-order valence-electron chi connectivity index (χ1n) is 4.61. The molecule has 1 aromatic rings. The molecule has 2 atom stereocenters. The molecule has 2 nitrogen and oxygen atoms in total. The monoisotopic (exact) mass is 203 g/mol. The van der Waals surface area contributed by atoms with Gasteiger partial charge in [0.15, 0.2) is 0 Å². The molecule has 0 aliphatic rings. The summed E-state index contributed by atoms with van der Waals surface area (Å²) in [6, 6.07) is 2.61. The fourth-order valence-corrected chi connectivity index (χ4v) is 1.24. The van der Waals surface area contributed by atoms with Crippen LogP contribution in [0.4, 0.5) is 8.78 Å². The Bertz CT molecular complexity index is 285. The Balaban J connectivity index is 2.54. The SMILES string of the molecule is Cc1ccc(C(C)NC(C)C(F)F)o1. The molecule has 0 saturated carbocycles. The number of nitrogens with one attached hydrogen (secondary N) is 1. The van der Waals surface area contributed by atoms with Crippen LogP contribution in [0.5, 0.6) is 0 Å². The lowest BCUT2D eigenvalue weighted by atomic mass is 10.2. The number of alkyl halides is 2. The minimum Gasteiger partial charge on any atom is -0.465 e. The van der Waals surface area contributed by atoms with Crippen LogP contribution in [0.15, 0.2) is 16.5 Å². The van der Waals surface area contributed by atoms with Crippen molar-refractivity contribution < 1.29 is 13.2 Å². The standard InChI is InChI=1S/C10H15F2NO/c1-6-4-5-9(14-6)7(2)13-8(3)10(11)12/h4-5,7-8,10,13H,1-3H3. The van der Waals surface area contributed by atoms with Gasteiger partial charge in [0.2, 0.25) is 0 Å². The van der Waals surface area contributed by atoms with Gasteiger partial charge in [-0.15, -0.1) is 0 Å². The maximum absolute atomic E-state index is 12.2. The number of aryl methyl sites for hydroxylation is 1. The molecule has 0 aliphatic heterocycles. The molecule has 0 amide bonds. The Morgan fingerprint density at radius 1 is 1.29 bits per heavy atom. The molecular weight excluding hydrogens is 188 g/mol. The van der Waals surface area contributed by atoms with Gasteiger partial charge in [-0.2, -0.15) is 0 Å². The van der Waals surface area contributed by atoms with Crippen LogP contribution in [0.3, 0.4) is 0 Å². The van der Waals surface area contributed by atoms with Gasteiger partial charge in [0.05, 0.1) is 12.1 Å². The predicted molar refractivity (Wildman–Crippen MR) is 50.5 cm³/mol. The number of furan rings is 1. The third-order valence-corrected chi connectivity index (χ3v) is 2.08. The van der Waals surface area contributed by atoms with E-state index in [9.17, 15) is 8.78 Å². The molecule has 1 rings (SSSR count). The first-order chi connectivity index (χ1) is 6.50. The van der Waals surface area contributed by atoms with Gasteiger partial charge in [0.1, 0.15) is 11.5 Å². The molecule has 80 valence electrons. The molecule has 0 radical (unpaired) electrons. The highest BCUT2D eigenvalue weighted by atomic mass is 19.3. The van der Waals surface area contributed by atoms with Crippen LogP contribution in [0.25, 0.3) is 0 Å². The van der Waals surface area contributed by atoms with Gasteiger partial charge in [-0.3, -0.25) is 5.32 Å². The van der Waals surface area contributed by atoms with Crippen molar-refractivity contribution in [1.82, 2.24) is 5.32 Å². The van der Waals surface area contributed by atoms with E-state index in [0.717, 1.165) is 5.76 Å². The van der Waals surface area contributed by atoms with Gasteiger partial charge in [-0.1, -0.05) is 0 Å². The topological polar surface area (TPSA) is 25.2 Å². The van der Waals surface area contributed by atoms with E-state index in [-0.39, 0.29) is 6.04 Å². The zero-order valence-corrected chi connectivity index (χ0v) is 8.55. The van der Waals surface area contributed by atoms with E-state index in [2.05, 4.69) is 5.32 Å². The van der Waals surface area contributed by atoms with Crippen molar-refractivity contribution in [2.45, 2.75) is 39.3 Å². The van der Waals surface area contributed by atoms with Crippen LogP contribution < -0.4 is 5.32 Å². The minimum absolute atomic E-state index is 0.187. The maximum atomic E-state index is 12.2. The van der Waals surface area contributed by atoms with Crippen LogP contribution in [0, 0.1) is 6.92 Å². The molecule has 4 heteroatoms. The lowest BCUT2D eigenvalue weighted by Gasteiger charge is -2.17. The van der Waals surface area contributed by atoms with Crippen LogP contribution >= 0.6 is 0 Å². The van der Waals surface area contributed by atoms with E-state index >= 15 is 0 Å². The minimum atomic E-state index is -2.35. The third kappa shape index (κ3) is 2.80. The smallest absolute Gasteiger partial charge is 0.253 e. The lowest BCUT2D eigenvalue weighted by Crippen LogP contribution is -2.34. The van der Waals surface area contributed by atoms with Gasteiger partial charge < -0.3 is 4.42 Å². The summed E-state index contributed by atoms with van der Waals surface area (Å²) >= 11 is 0. The Morgan fingerprint density at radius 2 is 1.93 bits per heavy atom. The fourth-order valence-electron chi connectivity index (χ4n) is 1.24. The molecule has 1 N–H and O–H groups in total. The first-order valence-corrected chi connectivity index (χ1v) is 4.61. The molecule has 0 aromatic carbocycles. The predicted octanol–water partition coefficient (Wildman–Crippen LogP) is 2.89. The van der Waals surface area contributed by atoms with Crippen molar-refractivity contribution in [3.05, 3.63) is 23.7 Å². The van der Waals surface area contributed by atoms with E-state index in [0.29, 0.717) is 5.76 Å². The quantitative estimate of drug-likeness (QED) is 0.813. The Labute approximate surface area is 82.3 Å². The van der Waals surface area contributed by atoms with Crippen LogP contribution in [-0.2, 0) is 0 Å². The molecule has 0 aliphatic carbocycles. The van der Waals surface area contributed by atoms with E-state index in [1.165, 1.54) is 6.92 Å². The highest BCUT2D eigenvalue weighted by molar-refractivity contribution is 5.09. The lowest BCUT2D eigenvalue weighted by molar-refractivity contribution is 0.0994. The van der Waals surface area contributed by atoms with E-state index < -0.39 is 12.5 Å². The van der Waals surface area contributed by atoms with E-state index in [1.54, 1.807) is 13.0 Å². The largest absolute Gasteiger partial charge is 0.465 e. The highest BCUT2D eigenvalue weighted by Crippen LogP contribution is 2.17. The van der Waals surface area contributed by atoms with Gasteiger partial charge in [0, 0.05) is 0 Å².